The molecule has 1 amide bonds. The molecule has 1 saturated carbocycles. The average Bonchev–Trinajstić information content (AvgIpc) is 3.15. The zero-order valence-corrected chi connectivity index (χ0v) is 11.4. The van der Waals surface area contributed by atoms with Gasteiger partial charge in [-0.05, 0) is 43.0 Å². The maximum atomic E-state index is 11.8. The van der Waals surface area contributed by atoms with Crippen LogP contribution in [0.25, 0.3) is 0 Å². The summed E-state index contributed by atoms with van der Waals surface area (Å²) in [6.45, 7) is 2.68. The second-order valence-corrected chi connectivity index (χ2v) is 5.53. The Hall–Kier alpha value is -2.06. The molecular weight excluding hydrogens is 254 g/mol. The van der Waals surface area contributed by atoms with E-state index in [-0.39, 0.29) is 17.6 Å². The van der Waals surface area contributed by atoms with E-state index in [2.05, 4.69) is 6.07 Å². The van der Waals surface area contributed by atoms with Gasteiger partial charge in [0.05, 0.1) is 17.5 Å². The molecule has 2 aliphatic rings. The molecule has 0 bridgehead atoms. The van der Waals surface area contributed by atoms with Crippen molar-refractivity contribution >= 4 is 11.8 Å². The molecule has 20 heavy (non-hydrogen) atoms. The van der Waals surface area contributed by atoms with E-state index in [0.29, 0.717) is 13.2 Å². The highest BCUT2D eigenvalue weighted by Crippen LogP contribution is 2.49. The third-order valence-electron chi connectivity index (χ3n) is 4.20. The van der Waals surface area contributed by atoms with Crippen LogP contribution in [0.4, 0.5) is 10.5 Å². The van der Waals surface area contributed by atoms with Crippen LogP contribution >= 0.6 is 0 Å². The number of carbonyl (C=O) groups excluding carboxylic acids is 1. The Morgan fingerprint density at radius 1 is 1.55 bits per heavy atom. The summed E-state index contributed by atoms with van der Waals surface area (Å²) >= 11 is 0. The van der Waals surface area contributed by atoms with E-state index < -0.39 is 0 Å². The van der Waals surface area contributed by atoms with Crippen molar-refractivity contribution in [3.8, 4) is 6.07 Å². The maximum Gasteiger partial charge on any atom is 0.414 e. The molecule has 1 unspecified atom stereocenters. The van der Waals surface area contributed by atoms with Crippen LogP contribution in [0.5, 0.6) is 0 Å². The quantitative estimate of drug-likeness (QED) is 0.909. The van der Waals surface area contributed by atoms with Gasteiger partial charge in [-0.15, -0.1) is 0 Å². The Labute approximate surface area is 117 Å². The monoisotopic (exact) mass is 271 g/mol. The number of hydrogen-bond acceptors (Lipinski definition) is 4. The molecule has 1 saturated heterocycles. The number of hydrogen-bond donors (Lipinski definition) is 1. The number of ether oxygens (including phenoxy) is 1. The third-order valence-corrected chi connectivity index (χ3v) is 4.20. The smallest absolute Gasteiger partial charge is 0.414 e. The van der Waals surface area contributed by atoms with Crippen LogP contribution in [0, 0.1) is 18.3 Å². The van der Waals surface area contributed by atoms with Gasteiger partial charge in [-0.25, -0.2) is 4.79 Å². The number of benzene rings is 1. The van der Waals surface area contributed by atoms with Gasteiger partial charge in [-0.3, -0.25) is 4.90 Å². The van der Waals surface area contributed by atoms with Crippen molar-refractivity contribution in [3.63, 3.8) is 0 Å². The SMILES string of the molecule is Cc1cc(N2C(=O)OCC2CN)ccc1C1(C#N)CC1. The van der Waals surface area contributed by atoms with Gasteiger partial charge in [0, 0.05) is 12.2 Å². The first-order valence-corrected chi connectivity index (χ1v) is 6.80. The van der Waals surface area contributed by atoms with Gasteiger partial charge in [0.2, 0.25) is 0 Å². The van der Waals surface area contributed by atoms with Gasteiger partial charge in [-0.1, -0.05) is 6.07 Å². The summed E-state index contributed by atoms with van der Waals surface area (Å²) in [6.07, 6.45) is 1.48. The van der Waals surface area contributed by atoms with Gasteiger partial charge >= 0.3 is 6.09 Å². The Kier molecular flexibility index (Phi) is 2.91. The topological polar surface area (TPSA) is 79.3 Å². The van der Waals surface area contributed by atoms with Crippen molar-refractivity contribution in [2.24, 2.45) is 5.73 Å². The van der Waals surface area contributed by atoms with Crippen molar-refractivity contribution in [1.29, 1.82) is 5.26 Å². The predicted molar refractivity (Wildman–Crippen MR) is 74.4 cm³/mol. The summed E-state index contributed by atoms with van der Waals surface area (Å²) in [6, 6.07) is 8.08. The van der Waals surface area contributed by atoms with E-state index in [1.807, 2.05) is 25.1 Å². The lowest BCUT2D eigenvalue weighted by atomic mass is 9.92. The largest absolute Gasteiger partial charge is 0.447 e. The van der Waals surface area contributed by atoms with E-state index in [9.17, 15) is 10.1 Å². The van der Waals surface area contributed by atoms with Crippen molar-refractivity contribution in [2.75, 3.05) is 18.1 Å². The van der Waals surface area contributed by atoms with Gasteiger partial charge in [0.1, 0.15) is 6.61 Å². The number of amides is 1. The lowest BCUT2D eigenvalue weighted by molar-refractivity contribution is 0.179. The fourth-order valence-electron chi connectivity index (χ4n) is 2.85. The molecular formula is C15H17N3O2. The summed E-state index contributed by atoms with van der Waals surface area (Å²) in [5.74, 6) is 0. The molecule has 5 heteroatoms. The number of nitrogens with two attached hydrogens (primary N) is 1. The average molecular weight is 271 g/mol. The van der Waals surface area contributed by atoms with Crippen molar-refractivity contribution in [3.05, 3.63) is 29.3 Å². The maximum absolute atomic E-state index is 11.8. The lowest BCUT2D eigenvalue weighted by Crippen LogP contribution is -2.39. The Morgan fingerprint density at radius 2 is 2.30 bits per heavy atom. The van der Waals surface area contributed by atoms with Crippen molar-refractivity contribution < 1.29 is 9.53 Å². The molecule has 1 aliphatic carbocycles. The molecule has 0 spiro atoms. The number of rotatable bonds is 3. The molecule has 1 aliphatic heterocycles. The van der Waals surface area contributed by atoms with Gasteiger partial charge in [0.15, 0.2) is 0 Å². The zero-order valence-electron chi connectivity index (χ0n) is 11.4. The van der Waals surface area contributed by atoms with Crippen LogP contribution in [-0.4, -0.2) is 25.3 Å². The highest BCUT2D eigenvalue weighted by Gasteiger charge is 2.46. The zero-order chi connectivity index (χ0) is 14.3. The summed E-state index contributed by atoms with van der Waals surface area (Å²) in [5, 5.41) is 9.29. The number of cyclic esters (lactones) is 1. The van der Waals surface area contributed by atoms with Crippen molar-refractivity contribution in [2.45, 2.75) is 31.2 Å². The standard InChI is InChI=1S/C15H17N3O2/c1-10-6-11(18-12(7-16)8-20-14(18)19)2-3-13(10)15(9-17)4-5-15/h2-3,6,12H,4-5,7-8,16H2,1H3. The summed E-state index contributed by atoms with van der Waals surface area (Å²) in [7, 11) is 0. The molecule has 2 N–H and O–H groups in total. The molecule has 1 atom stereocenters. The normalized spacial score (nSPS) is 23.4. The Balaban J connectivity index is 1.95. The Morgan fingerprint density at radius 3 is 2.85 bits per heavy atom. The van der Waals surface area contributed by atoms with E-state index in [4.69, 9.17) is 10.5 Å². The number of nitriles is 1. The van der Waals surface area contributed by atoms with E-state index in [0.717, 1.165) is 29.7 Å². The van der Waals surface area contributed by atoms with Gasteiger partial charge in [0.25, 0.3) is 0 Å². The summed E-state index contributed by atoms with van der Waals surface area (Å²) < 4.78 is 5.05. The fraction of sp³-hybridized carbons (Fsp3) is 0.467. The summed E-state index contributed by atoms with van der Waals surface area (Å²) in [4.78, 5) is 13.4. The van der Waals surface area contributed by atoms with E-state index in [1.54, 1.807) is 4.90 Å². The van der Waals surface area contributed by atoms with Gasteiger partial charge in [-0.2, -0.15) is 5.26 Å². The molecule has 1 aromatic carbocycles. The molecule has 1 heterocycles. The van der Waals surface area contributed by atoms with Gasteiger partial charge < -0.3 is 10.5 Å². The van der Waals surface area contributed by atoms with Crippen LogP contribution in [-0.2, 0) is 10.2 Å². The predicted octanol–water partition coefficient (Wildman–Crippen LogP) is 1.83. The first kappa shape index (κ1) is 12.9. The fourth-order valence-corrected chi connectivity index (χ4v) is 2.85. The highest BCUT2D eigenvalue weighted by atomic mass is 16.6. The van der Waals surface area contributed by atoms with Crippen LogP contribution in [0.1, 0.15) is 24.0 Å². The van der Waals surface area contributed by atoms with Crippen LogP contribution in [0.15, 0.2) is 18.2 Å². The molecule has 1 aromatic rings. The minimum absolute atomic E-state index is 0.112. The minimum atomic E-state index is -0.353. The first-order chi connectivity index (χ1) is 9.61. The second kappa shape index (κ2) is 4.50. The van der Waals surface area contributed by atoms with E-state index in [1.165, 1.54) is 0 Å². The van der Waals surface area contributed by atoms with Crippen molar-refractivity contribution in [1.82, 2.24) is 0 Å². The number of anilines is 1. The van der Waals surface area contributed by atoms with Crippen LogP contribution < -0.4 is 10.6 Å². The number of nitrogens with zero attached hydrogens (tertiary/aromatic N) is 2. The molecule has 5 nitrogen and oxygen atoms in total. The van der Waals surface area contributed by atoms with E-state index >= 15 is 0 Å². The second-order valence-electron chi connectivity index (χ2n) is 5.53. The van der Waals surface area contributed by atoms with Crippen LogP contribution in [0.2, 0.25) is 0 Å². The lowest BCUT2D eigenvalue weighted by Gasteiger charge is -2.22. The molecule has 0 aromatic heterocycles. The molecule has 3 rings (SSSR count). The third kappa shape index (κ3) is 1.84. The molecule has 104 valence electrons. The molecule has 0 radical (unpaired) electrons. The highest BCUT2D eigenvalue weighted by molar-refractivity contribution is 5.90. The Bertz CT molecular complexity index is 602. The number of aryl methyl sites for hydroxylation is 1. The molecule has 2 fully saturated rings. The summed E-state index contributed by atoms with van der Waals surface area (Å²) in [5.41, 5.74) is 8.27. The first-order valence-electron chi connectivity index (χ1n) is 6.80. The minimum Gasteiger partial charge on any atom is -0.447 e. The van der Waals surface area contributed by atoms with Crippen LogP contribution in [0.3, 0.4) is 0 Å². The number of carbonyl (C=O) groups is 1.